The quantitative estimate of drug-likeness (QED) is 0.774. The van der Waals surface area contributed by atoms with E-state index < -0.39 is 24.5 Å². The number of ether oxygens (including phenoxy) is 1. The summed E-state index contributed by atoms with van der Waals surface area (Å²) in [6, 6.07) is 1.83. The fourth-order valence-corrected chi connectivity index (χ4v) is 3.99. The molecular weight excluding hydrogens is 346 g/mol. The second-order valence-electron chi connectivity index (χ2n) is 7.85. The smallest absolute Gasteiger partial charge is 0.340 e. The van der Waals surface area contributed by atoms with E-state index in [1.54, 1.807) is 6.07 Å². The highest BCUT2D eigenvalue weighted by Crippen LogP contribution is 2.38. The fourth-order valence-electron chi connectivity index (χ4n) is 3.99. The number of amides is 3. The number of hydrogen-bond acceptors (Lipinski definition) is 4. The standard InChI is InChI=1S/C20H29N3O4/c1-12-6-4-5-7-17(12)21-20(26)22-18(24)11-27-19(25)16-10-13(2)23(14(16)3)15-8-9-15/h10,12,15,17H,4-9,11H2,1-3H3,(H2,21,22,24,26)/t12-,17-/m0/s1. The number of aromatic nitrogens is 1. The van der Waals surface area contributed by atoms with Crippen LogP contribution in [-0.2, 0) is 9.53 Å². The molecule has 0 aromatic carbocycles. The summed E-state index contributed by atoms with van der Waals surface area (Å²) in [6.45, 7) is 5.48. The molecule has 7 nitrogen and oxygen atoms in total. The van der Waals surface area contributed by atoms with Crippen LogP contribution in [0.5, 0.6) is 0 Å². The molecule has 2 fully saturated rings. The average molecular weight is 375 g/mol. The third-order valence-corrected chi connectivity index (χ3v) is 5.63. The van der Waals surface area contributed by atoms with Gasteiger partial charge in [-0.2, -0.15) is 0 Å². The number of carbonyl (C=O) groups is 3. The maximum Gasteiger partial charge on any atom is 0.340 e. The van der Waals surface area contributed by atoms with E-state index in [9.17, 15) is 14.4 Å². The first-order valence-corrected chi connectivity index (χ1v) is 9.82. The first-order chi connectivity index (χ1) is 12.9. The molecular formula is C20H29N3O4. The van der Waals surface area contributed by atoms with Crippen LogP contribution in [0.25, 0.3) is 0 Å². The van der Waals surface area contributed by atoms with Crippen LogP contribution >= 0.6 is 0 Å². The highest BCUT2D eigenvalue weighted by atomic mass is 16.5. The molecule has 0 aliphatic heterocycles. The van der Waals surface area contributed by atoms with Crippen molar-refractivity contribution in [3.63, 3.8) is 0 Å². The van der Waals surface area contributed by atoms with Crippen molar-refractivity contribution in [2.75, 3.05) is 6.61 Å². The van der Waals surface area contributed by atoms with Gasteiger partial charge in [0, 0.05) is 23.5 Å². The second-order valence-corrected chi connectivity index (χ2v) is 7.85. The number of aryl methyl sites for hydroxylation is 1. The predicted molar refractivity (Wildman–Crippen MR) is 101 cm³/mol. The number of imide groups is 1. The fraction of sp³-hybridized carbons (Fsp3) is 0.650. The van der Waals surface area contributed by atoms with Crippen molar-refractivity contribution >= 4 is 17.9 Å². The van der Waals surface area contributed by atoms with E-state index in [0.717, 1.165) is 43.5 Å². The minimum atomic E-state index is -0.625. The zero-order chi connectivity index (χ0) is 19.6. The van der Waals surface area contributed by atoms with E-state index in [4.69, 9.17) is 4.74 Å². The van der Waals surface area contributed by atoms with Crippen molar-refractivity contribution in [1.82, 2.24) is 15.2 Å². The van der Waals surface area contributed by atoms with Crippen LogP contribution in [0, 0.1) is 19.8 Å². The Morgan fingerprint density at radius 1 is 1.15 bits per heavy atom. The number of nitrogens with one attached hydrogen (secondary N) is 2. The van der Waals surface area contributed by atoms with Crippen LogP contribution in [0.15, 0.2) is 6.07 Å². The Morgan fingerprint density at radius 2 is 1.85 bits per heavy atom. The molecule has 0 bridgehead atoms. The maximum absolute atomic E-state index is 12.3. The first-order valence-electron chi connectivity index (χ1n) is 9.82. The Kier molecular flexibility index (Phi) is 5.87. The molecule has 148 valence electrons. The monoisotopic (exact) mass is 375 g/mol. The van der Waals surface area contributed by atoms with Crippen LogP contribution in [0.2, 0.25) is 0 Å². The SMILES string of the molecule is Cc1cc(C(=O)OCC(=O)NC(=O)N[C@H]2CCCC[C@@H]2C)c(C)n1C1CC1. The van der Waals surface area contributed by atoms with Gasteiger partial charge >= 0.3 is 12.0 Å². The molecule has 2 aliphatic rings. The Morgan fingerprint density at radius 3 is 2.52 bits per heavy atom. The van der Waals surface area contributed by atoms with Crippen LogP contribution in [0.4, 0.5) is 4.79 Å². The number of nitrogens with zero attached hydrogens (tertiary/aromatic N) is 1. The molecule has 2 atom stereocenters. The van der Waals surface area contributed by atoms with Crippen molar-refractivity contribution in [3.8, 4) is 0 Å². The number of carbonyl (C=O) groups excluding carboxylic acids is 3. The molecule has 0 unspecified atom stereocenters. The topological polar surface area (TPSA) is 89.4 Å². The Bertz CT molecular complexity index is 736. The molecule has 3 rings (SSSR count). The largest absolute Gasteiger partial charge is 0.452 e. The van der Waals surface area contributed by atoms with E-state index in [2.05, 4.69) is 22.1 Å². The number of urea groups is 1. The molecule has 2 saturated carbocycles. The number of rotatable bonds is 5. The van der Waals surface area contributed by atoms with Gasteiger partial charge in [0.25, 0.3) is 5.91 Å². The van der Waals surface area contributed by atoms with Gasteiger partial charge in [-0.1, -0.05) is 19.8 Å². The lowest BCUT2D eigenvalue weighted by atomic mass is 9.86. The van der Waals surface area contributed by atoms with Crippen LogP contribution in [0.3, 0.4) is 0 Å². The van der Waals surface area contributed by atoms with Gasteiger partial charge in [-0.05, 0) is 51.5 Å². The molecule has 1 heterocycles. The molecule has 0 radical (unpaired) electrons. The maximum atomic E-state index is 12.3. The van der Waals surface area contributed by atoms with Gasteiger partial charge in [0.2, 0.25) is 0 Å². The lowest BCUT2D eigenvalue weighted by molar-refractivity contribution is -0.123. The van der Waals surface area contributed by atoms with E-state index in [0.29, 0.717) is 17.5 Å². The highest BCUT2D eigenvalue weighted by molar-refractivity contribution is 5.97. The summed E-state index contributed by atoms with van der Waals surface area (Å²) >= 11 is 0. The molecule has 0 saturated heterocycles. The Balaban J connectivity index is 1.46. The molecule has 27 heavy (non-hydrogen) atoms. The summed E-state index contributed by atoms with van der Waals surface area (Å²) in [5.74, 6) is -0.758. The normalized spacial score (nSPS) is 22.2. The molecule has 1 aromatic rings. The van der Waals surface area contributed by atoms with Gasteiger partial charge in [0.1, 0.15) is 0 Å². The predicted octanol–water partition coefficient (Wildman–Crippen LogP) is 3.00. The lowest BCUT2D eigenvalue weighted by Crippen LogP contribution is -2.48. The summed E-state index contributed by atoms with van der Waals surface area (Å²) in [5, 5.41) is 5.09. The number of esters is 1. The minimum Gasteiger partial charge on any atom is -0.452 e. The van der Waals surface area contributed by atoms with E-state index in [1.165, 1.54) is 6.42 Å². The van der Waals surface area contributed by atoms with Crippen LogP contribution in [-0.4, -0.2) is 35.1 Å². The minimum absolute atomic E-state index is 0.0851. The summed E-state index contributed by atoms with van der Waals surface area (Å²) < 4.78 is 7.26. The first kappa shape index (κ1) is 19.5. The van der Waals surface area contributed by atoms with Gasteiger partial charge in [0.05, 0.1) is 5.56 Å². The van der Waals surface area contributed by atoms with Gasteiger partial charge in [-0.3, -0.25) is 10.1 Å². The number of hydrogen-bond donors (Lipinski definition) is 2. The zero-order valence-corrected chi connectivity index (χ0v) is 16.3. The van der Waals surface area contributed by atoms with Crippen LogP contribution in [0.1, 0.15) is 73.2 Å². The molecule has 0 spiro atoms. The lowest BCUT2D eigenvalue weighted by Gasteiger charge is -2.29. The Hall–Kier alpha value is -2.31. The van der Waals surface area contributed by atoms with Gasteiger partial charge in [-0.15, -0.1) is 0 Å². The highest BCUT2D eigenvalue weighted by Gasteiger charge is 2.29. The third kappa shape index (κ3) is 4.70. The van der Waals surface area contributed by atoms with Crippen molar-refractivity contribution in [3.05, 3.63) is 23.0 Å². The van der Waals surface area contributed by atoms with Gasteiger partial charge < -0.3 is 14.6 Å². The van der Waals surface area contributed by atoms with Crippen molar-refractivity contribution < 1.29 is 19.1 Å². The van der Waals surface area contributed by atoms with Gasteiger partial charge in [0.15, 0.2) is 6.61 Å². The Labute approximate surface area is 159 Å². The average Bonchev–Trinajstić information content (AvgIpc) is 3.40. The summed E-state index contributed by atoms with van der Waals surface area (Å²) in [7, 11) is 0. The molecule has 1 aromatic heterocycles. The molecule has 3 amide bonds. The second kappa shape index (κ2) is 8.15. The van der Waals surface area contributed by atoms with Crippen molar-refractivity contribution in [2.24, 2.45) is 5.92 Å². The van der Waals surface area contributed by atoms with Crippen molar-refractivity contribution in [1.29, 1.82) is 0 Å². The zero-order valence-electron chi connectivity index (χ0n) is 16.3. The summed E-state index contributed by atoms with van der Waals surface area (Å²) in [5.41, 5.74) is 2.37. The third-order valence-electron chi connectivity index (χ3n) is 5.63. The molecule has 2 aliphatic carbocycles. The van der Waals surface area contributed by atoms with E-state index in [-0.39, 0.29) is 6.04 Å². The molecule has 7 heteroatoms. The summed E-state index contributed by atoms with van der Waals surface area (Å²) in [4.78, 5) is 36.2. The van der Waals surface area contributed by atoms with Crippen molar-refractivity contribution in [2.45, 2.75) is 71.4 Å². The van der Waals surface area contributed by atoms with Crippen LogP contribution < -0.4 is 10.6 Å². The molecule has 2 N–H and O–H groups in total. The van der Waals surface area contributed by atoms with E-state index >= 15 is 0 Å². The van der Waals surface area contributed by atoms with Gasteiger partial charge in [-0.25, -0.2) is 9.59 Å². The van der Waals surface area contributed by atoms with E-state index in [1.807, 2.05) is 13.8 Å². The summed E-state index contributed by atoms with van der Waals surface area (Å²) in [6.07, 6.45) is 6.52.